The van der Waals surface area contributed by atoms with Crippen LogP contribution in [0.2, 0.25) is 0 Å². The number of allylic oxidation sites excluding steroid dienone is 1. The number of methoxy groups -OCH3 is 3. The summed E-state index contributed by atoms with van der Waals surface area (Å²) in [5, 5.41) is 0. The second-order valence-corrected chi connectivity index (χ2v) is 4.10. The van der Waals surface area contributed by atoms with Crippen LogP contribution < -0.4 is 0 Å². The zero-order valence-corrected chi connectivity index (χ0v) is 13.0. The Morgan fingerprint density at radius 1 is 1.05 bits per heavy atom. The van der Waals surface area contributed by atoms with Gasteiger partial charge in [-0.15, -0.1) is 0 Å². The minimum atomic E-state index is -1.60. The molecule has 0 spiro atoms. The third-order valence-corrected chi connectivity index (χ3v) is 2.70. The second kappa shape index (κ2) is 8.68. The van der Waals surface area contributed by atoms with Gasteiger partial charge in [0.1, 0.15) is 0 Å². The van der Waals surface area contributed by atoms with Crippen LogP contribution in [0.4, 0.5) is 0 Å². The zero-order valence-electron chi connectivity index (χ0n) is 10.8. The van der Waals surface area contributed by atoms with Crippen molar-refractivity contribution in [3.63, 3.8) is 0 Å². The number of esters is 3. The first-order valence-electron chi connectivity index (χ1n) is 5.17. The first-order valence-corrected chi connectivity index (χ1v) is 6.42. The maximum absolute atomic E-state index is 11.8. The van der Waals surface area contributed by atoms with E-state index in [1.54, 1.807) is 0 Å². The fourth-order valence-corrected chi connectivity index (χ4v) is 1.95. The van der Waals surface area contributed by atoms with Gasteiger partial charge in [0.15, 0.2) is 5.41 Å². The van der Waals surface area contributed by atoms with Crippen molar-refractivity contribution >= 4 is 40.5 Å². The van der Waals surface area contributed by atoms with Crippen LogP contribution in [-0.4, -0.2) is 39.2 Å². The van der Waals surface area contributed by atoms with Crippen LogP contribution in [0.25, 0.3) is 0 Å². The molecule has 0 unspecified atom stereocenters. The SMILES string of the molecule is COC(=O)/C=C\CC(/C=C/I)(C(=O)OC)C(=O)OC. The van der Waals surface area contributed by atoms with E-state index in [9.17, 15) is 14.4 Å². The van der Waals surface area contributed by atoms with E-state index in [0.717, 1.165) is 6.08 Å². The third-order valence-electron chi connectivity index (χ3n) is 2.34. The lowest BCUT2D eigenvalue weighted by molar-refractivity contribution is -0.164. The summed E-state index contributed by atoms with van der Waals surface area (Å²) in [4.78, 5) is 34.7. The first kappa shape index (κ1) is 17.6. The molecule has 106 valence electrons. The number of rotatable bonds is 6. The molecule has 7 heteroatoms. The number of ether oxygens (including phenoxy) is 3. The topological polar surface area (TPSA) is 78.9 Å². The van der Waals surface area contributed by atoms with E-state index in [2.05, 4.69) is 14.2 Å². The van der Waals surface area contributed by atoms with Crippen molar-refractivity contribution in [1.82, 2.24) is 0 Å². The maximum Gasteiger partial charge on any atom is 0.330 e. The van der Waals surface area contributed by atoms with Crippen molar-refractivity contribution in [3.05, 3.63) is 22.3 Å². The molecule has 19 heavy (non-hydrogen) atoms. The summed E-state index contributed by atoms with van der Waals surface area (Å²) in [6.45, 7) is 0. The fraction of sp³-hybridized carbons (Fsp3) is 0.417. The highest BCUT2D eigenvalue weighted by molar-refractivity contribution is 14.1. The predicted molar refractivity (Wildman–Crippen MR) is 75.4 cm³/mol. The predicted octanol–water partition coefficient (Wildman–Crippen LogP) is 1.39. The van der Waals surface area contributed by atoms with E-state index < -0.39 is 23.3 Å². The summed E-state index contributed by atoms with van der Waals surface area (Å²) < 4.78 is 15.2. The van der Waals surface area contributed by atoms with Gasteiger partial charge in [-0.2, -0.15) is 0 Å². The Hall–Kier alpha value is -1.38. The van der Waals surface area contributed by atoms with Crippen molar-refractivity contribution in [2.45, 2.75) is 6.42 Å². The normalized spacial score (nSPS) is 11.6. The number of hydrogen-bond acceptors (Lipinski definition) is 6. The summed E-state index contributed by atoms with van der Waals surface area (Å²) in [5.74, 6) is -2.11. The molecule has 0 aromatic rings. The van der Waals surface area contributed by atoms with Crippen LogP contribution in [0, 0.1) is 5.41 Å². The molecule has 0 saturated carbocycles. The van der Waals surface area contributed by atoms with Crippen molar-refractivity contribution in [3.8, 4) is 0 Å². The molecule has 0 amide bonds. The van der Waals surface area contributed by atoms with Gasteiger partial charge in [0.25, 0.3) is 0 Å². The Morgan fingerprint density at radius 2 is 1.58 bits per heavy atom. The fourth-order valence-electron chi connectivity index (χ4n) is 1.33. The van der Waals surface area contributed by atoms with Crippen LogP contribution in [0.5, 0.6) is 0 Å². The second-order valence-electron chi connectivity index (χ2n) is 3.38. The summed E-state index contributed by atoms with van der Waals surface area (Å²) >= 11 is 1.87. The van der Waals surface area contributed by atoms with E-state index in [4.69, 9.17) is 0 Å². The molecule has 0 rings (SSSR count). The Bertz CT molecular complexity index is 383. The van der Waals surface area contributed by atoms with E-state index in [1.807, 2.05) is 22.6 Å². The molecule has 0 bridgehead atoms. The standard InChI is InChI=1S/C12H15IO6/c1-17-9(14)5-4-6-12(7-8-13,10(15)18-2)11(16)19-3/h4-5,7-8H,6H2,1-3H3/b5-4-,8-7+. The van der Waals surface area contributed by atoms with E-state index in [-0.39, 0.29) is 6.42 Å². The summed E-state index contributed by atoms with van der Waals surface area (Å²) in [6.07, 6.45) is 3.78. The van der Waals surface area contributed by atoms with Gasteiger partial charge in [-0.05, 0) is 16.6 Å². The van der Waals surface area contributed by atoms with Gasteiger partial charge >= 0.3 is 17.9 Å². The minimum Gasteiger partial charge on any atom is -0.468 e. The van der Waals surface area contributed by atoms with E-state index >= 15 is 0 Å². The molecule has 0 saturated heterocycles. The lowest BCUT2D eigenvalue weighted by atomic mass is 9.84. The van der Waals surface area contributed by atoms with Crippen LogP contribution >= 0.6 is 22.6 Å². The molecule has 0 heterocycles. The highest BCUT2D eigenvalue weighted by Gasteiger charge is 2.45. The van der Waals surface area contributed by atoms with Crippen LogP contribution in [0.15, 0.2) is 22.3 Å². The van der Waals surface area contributed by atoms with E-state index in [1.165, 1.54) is 37.6 Å². The summed E-state index contributed by atoms with van der Waals surface area (Å²) in [5.41, 5.74) is -1.60. The van der Waals surface area contributed by atoms with Crippen LogP contribution in [-0.2, 0) is 28.6 Å². The highest BCUT2D eigenvalue weighted by Crippen LogP contribution is 2.29. The molecule has 0 aliphatic rings. The molecule has 0 radical (unpaired) electrons. The molecule has 0 atom stereocenters. The van der Waals surface area contributed by atoms with Crippen molar-refractivity contribution in [2.24, 2.45) is 5.41 Å². The smallest absolute Gasteiger partial charge is 0.330 e. The Kier molecular flexibility index (Phi) is 8.05. The molecule has 0 aromatic carbocycles. The zero-order chi connectivity index (χ0) is 14.9. The number of halogens is 1. The van der Waals surface area contributed by atoms with Gasteiger partial charge in [0.05, 0.1) is 21.3 Å². The lowest BCUT2D eigenvalue weighted by Crippen LogP contribution is -2.39. The quantitative estimate of drug-likeness (QED) is 0.227. The molecule has 6 nitrogen and oxygen atoms in total. The molecule has 0 N–H and O–H groups in total. The first-order chi connectivity index (χ1) is 8.98. The molecular formula is C12H15IO6. The summed E-state index contributed by atoms with van der Waals surface area (Å²) in [7, 11) is 3.57. The Morgan fingerprint density at radius 3 is 1.95 bits per heavy atom. The monoisotopic (exact) mass is 382 g/mol. The van der Waals surface area contributed by atoms with Crippen LogP contribution in [0.1, 0.15) is 6.42 Å². The number of hydrogen-bond donors (Lipinski definition) is 0. The van der Waals surface area contributed by atoms with Crippen molar-refractivity contribution in [1.29, 1.82) is 0 Å². The average Bonchev–Trinajstić information content (AvgIpc) is 2.44. The van der Waals surface area contributed by atoms with Gasteiger partial charge < -0.3 is 14.2 Å². The third kappa shape index (κ3) is 4.66. The van der Waals surface area contributed by atoms with Gasteiger partial charge in [0, 0.05) is 6.08 Å². The highest BCUT2D eigenvalue weighted by atomic mass is 127. The van der Waals surface area contributed by atoms with Gasteiger partial charge in [0.2, 0.25) is 0 Å². The largest absolute Gasteiger partial charge is 0.468 e. The van der Waals surface area contributed by atoms with Crippen molar-refractivity contribution < 1.29 is 28.6 Å². The van der Waals surface area contributed by atoms with Crippen molar-refractivity contribution in [2.75, 3.05) is 21.3 Å². The Balaban J connectivity index is 5.35. The maximum atomic E-state index is 11.8. The van der Waals surface area contributed by atoms with Crippen LogP contribution in [0.3, 0.4) is 0 Å². The summed E-state index contributed by atoms with van der Waals surface area (Å²) in [6, 6.07) is 0. The molecular weight excluding hydrogens is 367 g/mol. The molecule has 0 fully saturated rings. The molecule has 0 aliphatic heterocycles. The molecule has 0 aliphatic carbocycles. The Labute approximate surface area is 124 Å². The lowest BCUT2D eigenvalue weighted by Gasteiger charge is -2.23. The van der Waals surface area contributed by atoms with E-state index in [0.29, 0.717) is 0 Å². The van der Waals surface area contributed by atoms with Gasteiger partial charge in [-0.25, -0.2) is 4.79 Å². The van der Waals surface area contributed by atoms with Gasteiger partial charge in [-0.1, -0.05) is 28.7 Å². The number of carbonyl (C=O) groups is 3. The minimum absolute atomic E-state index is 0.0685. The van der Waals surface area contributed by atoms with Gasteiger partial charge in [-0.3, -0.25) is 9.59 Å². The number of carbonyl (C=O) groups excluding carboxylic acids is 3. The molecule has 0 aromatic heterocycles. The average molecular weight is 382 g/mol.